The number of hydrogen-bond donors (Lipinski definition) is 11. The lowest BCUT2D eigenvalue weighted by atomic mass is 9.94. The molecule has 0 aliphatic carbocycles. The van der Waals surface area contributed by atoms with Crippen molar-refractivity contribution >= 4 is 90.7 Å². The first-order valence-corrected chi connectivity index (χ1v) is 44.0. The molecule has 11 N–H and O–H groups in total. The minimum atomic E-state index is -6.09. The molecule has 0 spiro atoms. The maximum absolute atomic E-state index is 14.0. The van der Waals surface area contributed by atoms with Crippen LogP contribution >= 0.6 is 0 Å². The molecular weight excluding hydrogens is 1750 g/mol. The van der Waals surface area contributed by atoms with Gasteiger partial charge in [-0.25, -0.2) is 43.7 Å². The molecule has 55 nitrogen and oxygen atoms in total. The summed E-state index contributed by atoms with van der Waals surface area (Å²) in [4.78, 5) is 40.7. The maximum atomic E-state index is 14.0. The summed E-state index contributed by atoms with van der Waals surface area (Å²) in [5, 5.41) is 43.6. The van der Waals surface area contributed by atoms with Crippen LogP contribution in [0.15, 0.2) is 0 Å². The van der Waals surface area contributed by atoms with Crippen LogP contribution in [0.1, 0.15) is 62.3 Å². The number of carbonyl (C=O) groups is 3. The predicted molar refractivity (Wildman–Crippen MR) is 358 cm³/mol. The lowest BCUT2D eigenvalue weighted by Crippen LogP contribution is -2.70. The lowest BCUT2D eigenvalue weighted by Gasteiger charge is -2.52. The number of carboxylic acid groups (broad SMARTS) is 3. The standard InChI is InChI=1S/C54H92O55S7/c1-10-83-19-22-25(103-110(62,63)64)31(41(89-16-7)50(92-22)98-33-28(86-13-4)40(107-114(74,75)76)49(61)95-37(33)46(55)56)96-53-44(108-115(77,78)79)29(87-14-5)34(38(101-53)47(57)58)99-51-42(90-17-8)32(26(104-111(65,66)67)23(93-51)20-84-11-2)97-54-45(109-116(80,81)82)30(88-15-6)35(39(102-54)48(59)60)100-52-43(91-18-9)36(106-113(71,72)73)27(105-112(68,69)70)24(94-52)21-85-12-3/h22-45,49-54,61H,10-21H2,1-9H3,(H,55,56)(H,57,58)(H,59,60)(H,62,63,64)(H,65,66,67)(H,68,69,70)(H,71,72,73)(H,74,75,76)(H,77,78,79)(H,80,81,82)/t22-,23-,24-,25+,26+,27+,28+,29+,30+,31+,32+,33+,34+,35+,36+,37-,38-,39-,40-,41-,42-,43-,44-,45-,49-,50+,51+,52+,53-,54-/m1/s1. The first-order chi connectivity index (χ1) is 53.9. The fourth-order valence-electron chi connectivity index (χ4n) is 12.9. The zero-order chi connectivity index (χ0) is 87.1. The van der Waals surface area contributed by atoms with Gasteiger partial charge in [-0.1, -0.05) is 0 Å². The van der Waals surface area contributed by atoms with Gasteiger partial charge in [-0.2, -0.15) is 58.9 Å². The molecular formula is C54H92O55S7. The molecule has 6 rings (SSSR count). The minimum absolute atomic E-state index is 0.241. The second-order valence-electron chi connectivity index (χ2n) is 24.4. The van der Waals surface area contributed by atoms with Gasteiger partial charge in [-0.05, 0) is 62.3 Å². The Morgan fingerprint density at radius 3 is 0.716 bits per heavy atom. The molecule has 0 radical (unpaired) electrons. The van der Waals surface area contributed by atoms with E-state index in [4.69, 9.17) is 120 Å². The van der Waals surface area contributed by atoms with E-state index in [0.29, 0.717) is 0 Å². The van der Waals surface area contributed by atoms with Crippen LogP contribution < -0.4 is 0 Å². The van der Waals surface area contributed by atoms with Crippen molar-refractivity contribution in [3.63, 3.8) is 0 Å². The molecule has 6 aliphatic heterocycles. The Labute approximate surface area is 663 Å². The average Bonchev–Trinajstić information content (AvgIpc) is 0.753. The number of aliphatic hydroxyl groups is 1. The molecule has 0 aromatic rings. The highest BCUT2D eigenvalue weighted by Crippen LogP contribution is 2.43. The molecule has 0 aromatic heterocycles. The van der Waals surface area contributed by atoms with Crippen molar-refractivity contribution in [2.45, 2.75) is 247 Å². The predicted octanol–water partition coefficient (Wildman–Crippen LogP) is -5.64. The number of hydrogen-bond acceptors (Lipinski definition) is 45. The Hall–Kier alpha value is -3.34. The highest BCUT2D eigenvalue weighted by molar-refractivity contribution is 7.82. The second kappa shape index (κ2) is 43.8. The zero-order valence-electron chi connectivity index (χ0n) is 62.0. The Bertz CT molecular complexity index is 3970. The van der Waals surface area contributed by atoms with Crippen LogP contribution in [-0.4, -0.2) is 393 Å². The van der Waals surface area contributed by atoms with Crippen molar-refractivity contribution < 1.29 is 250 Å². The third kappa shape index (κ3) is 29.2. The number of carboxylic acids is 3. The summed E-state index contributed by atoms with van der Waals surface area (Å²) >= 11 is 0. The molecule has 0 unspecified atom stereocenters. The molecule has 6 heterocycles. The lowest BCUT2D eigenvalue weighted by molar-refractivity contribution is -0.394. The van der Waals surface area contributed by atoms with Crippen LogP contribution in [0.5, 0.6) is 0 Å². The largest absolute Gasteiger partial charge is 0.479 e. The van der Waals surface area contributed by atoms with Gasteiger partial charge < -0.3 is 115 Å². The molecule has 0 aromatic carbocycles. The summed E-state index contributed by atoms with van der Waals surface area (Å²) in [6, 6.07) is 0. The van der Waals surface area contributed by atoms with E-state index in [1.54, 1.807) is 0 Å². The number of aliphatic hydroxyl groups excluding tert-OH is 1. The molecule has 6 saturated heterocycles. The minimum Gasteiger partial charge on any atom is -0.479 e. The van der Waals surface area contributed by atoms with E-state index in [1.807, 2.05) is 0 Å². The van der Waals surface area contributed by atoms with E-state index >= 15 is 0 Å². The average molecular weight is 1850 g/mol. The van der Waals surface area contributed by atoms with Gasteiger partial charge in [0.25, 0.3) is 0 Å². The Morgan fingerprint density at radius 1 is 0.250 bits per heavy atom. The van der Waals surface area contributed by atoms with Gasteiger partial charge in [0, 0.05) is 59.5 Å². The third-order valence-electron chi connectivity index (χ3n) is 16.7. The van der Waals surface area contributed by atoms with Crippen LogP contribution in [0.25, 0.3) is 0 Å². The monoisotopic (exact) mass is 1840 g/mol. The molecule has 0 amide bonds. The van der Waals surface area contributed by atoms with Crippen molar-refractivity contribution in [1.29, 1.82) is 0 Å². The topological polar surface area (TPSA) is 762 Å². The maximum Gasteiger partial charge on any atom is 0.397 e. The van der Waals surface area contributed by atoms with Crippen molar-refractivity contribution in [3.05, 3.63) is 0 Å². The highest BCUT2D eigenvalue weighted by Gasteiger charge is 2.65. The van der Waals surface area contributed by atoms with Gasteiger partial charge in [0.15, 0.2) is 74.4 Å². The van der Waals surface area contributed by atoms with Gasteiger partial charge in [0.1, 0.15) is 110 Å². The van der Waals surface area contributed by atoms with Crippen LogP contribution in [0.2, 0.25) is 0 Å². The summed E-state index contributed by atoms with van der Waals surface area (Å²) < 4.78 is 402. The van der Waals surface area contributed by atoms with E-state index in [0.717, 1.165) is 13.8 Å². The van der Waals surface area contributed by atoms with Gasteiger partial charge >= 0.3 is 90.7 Å². The van der Waals surface area contributed by atoms with E-state index in [2.05, 4.69) is 4.18 Å². The number of aliphatic carboxylic acids is 3. The van der Waals surface area contributed by atoms with Crippen molar-refractivity contribution in [3.8, 4) is 0 Å². The Balaban J connectivity index is 1.55. The first-order valence-electron chi connectivity index (χ1n) is 34.5. The molecule has 62 heteroatoms. The van der Waals surface area contributed by atoms with Crippen LogP contribution in [0.4, 0.5) is 0 Å². The summed E-state index contributed by atoms with van der Waals surface area (Å²) in [6.45, 7) is 3.73. The molecule has 680 valence electrons. The molecule has 6 fully saturated rings. The van der Waals surface area contributed by atoms with Gasteiger partial charge in [-0.15, -0.1) is 0 Å². The highest BCUT2D eigenvalue weighted by atomic mass is 32.3. The summed E-state index contributed by atoms with van der Waals surface area (Å²) in [6.07, 6.45) is -75.4. The smallest absolute Gasteiger partial charge is 0.397 e. The Kier molecular flexibility index (Phi) is 38.3. The van der Waals surface area contributed by atoms with Gasteiger partial charge in [0.2, 0.25) is 0 Å². The fourth-order valence-corrected chi connectivity index (χ4v) is 16.4. The van der Waals surface area contributed by atoms with Crippen LogP contribution in [-0.2, 0) is 211 Å². The molecule has 116 heavy (non-hydrogen) atoms. The van der Waals surface area contributed by atoms with E-state index in [9.17, 15) is 126 Å². The van der Waals surface area contributed by atoms with Crippen molar-refractivity contribution in [1.82, 2.24) is 0 Å². The summed E-state index contributed by atoms with van der Waals surface area (Å²) in [7, 11) is -41.1. The molecule has 0 bridgehead atoms. The van der Waals surface area contributed by atoms with E-state index in [1.165, 1.54) is 48.5 Å². The van der Waals surface area contributed by atoms with Crippen LogP contribution in [0, 0.1) is 0 Å². The summed E-state index contributed by atoms with van der Waals surface area (Å²) in [5.41, 5.74) is 0. The number of ether oxygens (including phenoxy) is 20. The fraction of sp³-hybridized carbons (Fsp3) is 0.944. The molecule has 30 atom stereocenters. The zero-order valence-corrected chi connectivity index (χ0v) is 67.8. The quantitative estimate of drug-likeness (QED) is 0.0253. The van der Waals surface area contributed by atoms with Crippen LogP contribution in [0.3, 0.4) is 0 Å². The first kappa shape index (κ1) is 101. The number of rotatable bonds is 48. The third-order valence-corrected chi connectivity index (χ3v) is 20.0. The second-order valence-corrected chi connectivity index (χ2v) is 31.7. The van der Waals surface area contributed by atoms with E-state index < -0.39 is 334 Å². The van der Waals surface area contributed by atoms with Gasteiger partial charge in [-0.3, -0.25) is 31.9 Å². The molecule has 0 saturated carbocycles. The Morgan fingerprint density at radius 2 is 0.457 bits per heavy atom. The normalized spacial score (nSPS) is 36.7. The SMILES string of the molecule is CCOC[C@H]1O[C@@H](O[C@H]2[C@H](OCC)[C@@H](OS(=O)(=O)O)[C@H](O)O[C@H]2C(=O)O)[C@H](OCC)[C@@H](O[C@@H]2O[C@@H](C(=O)O)[C@@H](O[C@@H]3O[C@H](COCC)[C@H](OS(=O)(=O)O)[C@H](O[C@@H]4O[C@@H](C(=O)O)[C@@H](O[C@@H]5O[C@H](COCC)[C@H](OS(=O)(=O)O)[C@H](OS(=O)(=O)O)[C@H]5OCC)[C@H](OCC)[C@H]4OS(=O)(=O)O)[C@H]3OCC)[C@H](OCC)[C@H]2OS(=O)(=O)O)[C@H]1OS(=O)(=O)O. The van der Waals surface area contributed by atoms with Gasteiger partial charge in [0.05, 0.1) is 19.8 Å². The van der Waals surface area contributed by atoms with Crippen molar-refractivity contribution in [2.75, 3.05) is 79.3 Å². The van der Waals surface area contributed by atoms with E-state index in [-0.39, 0.29) is 19.8 Å². The molecule has 6 aliphatic rings. The van der Waals surface area contributed by atoms with Crippen molar-refractivity contribution in [2.24, 2.45) is 0 Å². The summed E-state index contributed by atoms with van der Waals surface area (Å²) in [5.74, 6) is -6.43.